The minimum atomic E-state index is -5.12. The van der Waals surface area contributed by atoms with E-state index in [4.69, 9.17) is 18.8 Å². The van der Waals surface area contributed by atoms with Crippen LogP contribution in [0.4, 0.5) is 0 Å². The first-order valence-corrected chi connectivity index (χ1v) is 7.33. The first kappa shape index (κ1) is 18.0. The van der Waals surface area contributed by atoms with Gasteiger partial charge in [-0.2, -0.15) is 25.3 Å². The maximum Gasteiger partial charge on any atom is 0.413 e. The van der Waals surface area contributed by atoms with Gasteiger partial charge in [0.25, 0.3) is 10.1 Å². The second-order valence-electron chi connectivity index (χ2n) is 1.93. The molecule has 14 heteroatoms. The summed E-state index contributed by atoms with van der Waals surface area (Å²) >= 11 is 0. The number of aliphatic hydroxyl groups is 1. The monoisotopic (exact) mass is 304 g/mol. The third-order valence-corrected chi connectivity index (χ3v) is 2.60. The number of hydrogen-bond donors (Lipinski definition) is 4. The molecule has 0 aliphatic rings. The molecule has 0 aliphatic heterocycles. The van der Waals surface area contributed by atoms with Gasteiger partial charge in [0.05, 0.1) is 12.4 Å². The summed E-state index contributed by atoms with van der Waals surface area (Å²) in [6, 6.07) is 0. The maximum atomic E-state index is 9.63. The average molecular weight is 304 g/mol. The molecule has 0 saturated heterocycles. The topological polar surface area (TPSA) is 193 Å². The van der Waals surface area contributed by atoms with Crippen LogP contribution >= 0.6 is 0 Å². The Bertz CT molecular complexity index is 447. The van der Waals surface area contributed by atoms with Crippen molar-refractivity contribution in [2.75, 3.05) is 12.4 Å². The van der Waals surface area contributed by atoms with Crippen LogP contribution in [-0.2, 0) is 34.5 Å². The highest BCUT2D eigenvalue weighted by Gasteiger charge is 2.15. The molecule has 0 aromatic carbocycles. The zero-order valence-corrected chi connectivity index (χ0v) is 9.74. The highest BCUT2D eigenvalue weighted by Crippen LogP contribution is 1.91. The molecule has 0 rings (SSSR count). The molecule has 4 N–H and O–H groups in total. The lowest BCUT2D eigenvalue weighted by Gasteiger charge is -1.89. The van der Waals surface area contributed by atoms with E-state index in [1.165, 1.54) is 0 Å². The summed E-state index contributed by atoms with van der Waals surface area (Å²) in [5, 5.41) is 7.86. The summed E-state index contributed by atoms with van der Waals surface area (Å²) in [6.07, 6.45) is 0. The molecule has 0 amide bonds. The SMILES string of the molecule is O=S(=O)(O)CCO.O=S(=O)(O)OS(=O)(=O)O. The minimum absolute atomic E-state index is 0.529. The summed E-state index contributed by atoms with van der Waals surface area (Å²) in [5.41, 5.74) is 0. The van der Waals surface area contributed by atoms with Gasteiger partial charge in [0.15, 0.2) is 0 Å². The van der Waals surface area contributed by atoms with Crippen LogP contribution in [0.1, 0.15) is 0 Å². The van der Waals surface area contributed by atoms with Crippen LogP contribution in [0.5, 0.6) is 0 Å². The second kappa shape index (κ2) is 6.40. The molecule has 0 aromatic heterocycles. The molecular formula is C2H8O11S3. The van der Waals surface area contributed by atoms with Crippen molar-refractivity contribution in [1.82, 2.24) is 0 Å². The first-order chi connectivity index (χ1) is 6.77. The fourth-order valence-electron chi connectivity index (χ4n) is 0.224. The first-order valence-electron chi connectivity index (χ1n) is 2.99. The predicted octanol–water partition coefficient (Wildman–Crippen LogP) is -2.52. The molecule has 16 heavy (non-hydrogen) atoms. The Hall–Kier alpha value is -0.350. The molecule has 100 valence electrons. The highest BCUT2D eigenvalue weighted by atomic mass is 32.3. The fraction of sp³-hybridized carbons (Fsp3) is 1.00. The predicted molar refractivity (Wildman–Crippen MR) is 47.7 cm³/mol. The van der Waals surface area contributed by atoms with Crippen molar-refractivity contribution < 1.29 is 47.6 Å². The third kappa shape index (κ3) is 23.5. The van der Waals surface area contributed by atoms with Crippen LogP contribution in [-0.4, -0.2) is 56.4 Å². The largest absolute Gasteiger partial charge is 0.413 e. The molecule has 0 bridgehead atoms. The van der Waals surface area contributed by atoms with Crippen LogP contribution in [0.25, 0.3) is 0 Å². The molecule has 0 saturated carbocycles. The summed E-state index contributed by atoms with van der Waals surface area (Å²) in [5.74, 6) is -0.576. The van der Waals surface area contributed by atoms with Gasteiger partial charge in [0, 0.05) is 0 Å². The lowest BCUT2D eigenvalue weighted by Crippen LogP contribution is -2.10. The smallest absolute Gasteiger partial charge is 0.395 e. The van der Waals surface area contributed by atoms with E-state index in [0.717, 1.165) is 0 Å². The van der Waals surface area contributed by atoms with Crippen molar-refractivity contribution in [2.24, 2.45) is 0 Å². The van der Waals surface area contributed by atoms with Crippen molar-refractivity contribution in [3.63, 3.8) is 0 Å². The molecule has 0 atom stereocenters. The van der Waals surface area contributed by atoms with Gasteiger partial charge in [0.1, 0.15) is 0 Å². The molecular weight excluding hydrogens is 296 g/mol. The molecule has 0 aliphatic carbocycles. The van der Waals surface area contributed by atoms with Gasteiger partial charge in [-0.3, -0.25) is 13.7 Å². The van der Waals surface area contributed by atoms with E-state index in [1.54, 1.807) is 0 Å². The lowest BCUT2D eigenvalue weighted by atomic mass is 10.9. The highest BCUT2D eigenvalue weighted by molar-refractivity contribution is 7.94. The zero-order chi connectivity index (χ0) is 13.6. The Morgan fingerprint density at radius 3 is 1.12 bits per heavy atom. The zero-order valence-electron chi connectivity index (χ0n) is 7.29. The number of rotatable bonds is 4. The normalized spacial score (nSPS) is 12.8. The van der Waals surface area contributed by atoms with Gasteiger partial charge in [-0.05, 0) is 0 Å². The van der Waals surface area contributed by atoms with E-state index in [9.17, 15) is 25.3 Å². The van der Waals surface area contributed by atoms with Crippen molar-refractivity contribution in [3.8, 4) is 0 Å². The van der Waals surface area contributed by atoms with Crippen LogP contribution in [0, 0.1) is 0 Å². The van der Waals surface area contributed by atoms with E-state index in [-0.39, 0.29) is 0 Å². The van der Waals surface area contributed by atoms with Gasteiger partial charge < -0.3 is 5.11 Å². The second-order valence-corrected chi connectivity index (χ2v) is 5.76. The summed E-state index contributed by atoms with van der Waals surface area (Å²) in [4.78, 5) is 0. The molecule has 11 nitrogen and oxygen atoms in total. The standard InChI is InChI=1S/C2H6O4S.H2O7S2/c3-1-2-7(4,5)6;1-8(2,3)7-9(4,5)6/h3H,1-2H2,(H,4,5,6);(H,1,2,3)(H,4,5,6). The summed E-state index contributed by atoms with van der Waals surface area (Å²) < 4.78 is 82.7. The van der Waals surface area contributed by atoms with Crippen molar-refractivity contribution in [2.45, 2.75) is 0 Å². The summed E-state index contributed by atoms with van der Waals surface area (Å²) in [7, 11) is -14.2. The number of aliphatic hydroxyl groups excluding tert-OH is 1. The average Bonchev–Trinajstić information content (AvgIpc) is 1.73. The molecule has 0 heterocycles. The van der Waals surface area contributed by atoms with Gasteiger partial charge >= 0.3 is 20.8 Å². The Balaban J connectivity index is 0. The van der Waals surface area contributed by atoms with Crippen molar-refractivity contribution in [3.05, 3.63) is 0 Å². The van der Waals surface area contributed by atoms with Gasteiger partial charge in [0.2, 0.25) is 0 Å². The minimum Gasteiger partial charge on any atom is -0.395 e. The molecule has 0 spiro atoms. The van der Waals surface area contributed by atoms with E-state index in [1.807, 2.05) is 0 Å². The van der Waals surface area contributed by atoms with E-state index < -0.39 is 43.3 Å². The van der Waals surface area contributed by atoms with Gasteiger partial charge in [-0.25, -0.2) is 0 Å². The Labute approximate surface area is 91.3 Å². The fourth-order valence-corrected chi connectivity index (χ4v) is 1.32. The molecule has 0 unspecified atom stereocenters. The van der Waals surface area contributed by atoms with E-state index in [2.05, 4.69) is 3.63 Å². The lowest BCUT2D eigenvalue weighted by molar-refractivity contribution is 0.315. The van der Waals surface area contributed by atoms with Gasteiger partial charge in [-0.1, -0.05) is 0 Å². The molecule has 0 aromatic rings. The number of hydrogen-bond acceptors (Lipinski definition) is 8. The molecule has 0 fully saturated rings. The van der Waals surface area contributed by atoms with Crippen LogP contribution in [0.3, 0.4) is 0 Å². The summed E-state index contributed by atoms with van der Waals surface area (Å²) in [6.45, 7) is -0.529. The van der Waals surface area contributed by atoms with E-state index in [0.29, 0.717) is 0 Å². The van der Waals surface area contributed by atoms with Crippen LogP contribution < -0.4 is 0 Å². The van der Waals surface area contributed by atoms with Crippen LogP contribution in [0.15, 0.2) is 0 Å². The van der Waals surface area contributed by atoms with E-state index >= 15 is 0 Å². The third-order valence-electron chi connectivity index (χ3n) is 0.521. The quantitative estimate of drug-likeness (QED) is 0.400. The Kier molecular flexibility index (Phi) is 7.21. The van der Waals surface area contributed by atoms with Crippen LogP contribution in [0.2, 0.25) is 0 Å². The van der Waals surface area contributed by atoms with Gasteiger partial charge in [-0.15, -0.1) is 3.63 Å². The van der Waals surface area contributed by atoms with Crippen molar-refractivity contribution in [1.29, 1.82) is 0 Å². The van der Waals surface area contributed by atoms with Crippen molar-refractivity contribution >= 4 is 30.9 Å². The molecule has 0 radical (unpaired) electrons. The Morgan fingerprint density at radius 2 is 1.12 bits per heavy atom. The maximum absolute atomic E-state index is 9.63. The Morgan fingerprint density at radius 1 is 0.812 bits per heavy atom.